The van der Waals surface area contributed by atoms with Gasteiger partial charge in [-0.05, 0) is 31.4 Å². The Morgan fingerprint density at radius 2 is 2.14 bits per heavy atom. The van der Waals surface area contributed by atoms with Gasteiger partial charge in [-0.25, -0.2) is 0 Å². The molecule has 0 bridgehead atoms. The van der Waals surface area contributed by atoms with E-state index in [1.165, 1.54) is 12.1 Å². The highest BCUT2D eigenvalue weighted by Gasteiger charge is 2.22. The summed E-state index contributed by atoms with van der Waals surface area (Å²) in [5, 5.41) is 0. The maximum Gasteiger partial charge on any atom is 0.0599 e. The van der Waals surface area contributed by atoms with Crippen molar-refractivity contribution in [2.45, 2.75) is 31.8 Å². The Bertz CT molecular complexity index is 399. The van der Waals surface area contributed by atoms with Crippen LogP contribution in [0.25, 0.3) is 0 Å². The predicted molar refractivity (Wildman–Crippen MR) is 82.3 cm³/mol. The van der Waals surface area contributed by atoms with E-state index in [4.69, 9.17) is 9.47 Å². The van der Waals surface area contributed by atoms with Crippen LogP contribution in [0.5, 0.6) is 0 Å². The fraction of sp³-hybridized carbons (Fsp3) is 0.706. The molecule has 116 valence electrons. The van der Waals surface area contributed by atoms with E-state index in [0.29, 0.717) is 12.0 Å². The molecular weight excluding hydrogens is 264 g/mol. The molecule has 2 aliphatic rings. The minimum Gasteiger partial charge on any atom is -0.381 e. The molecule has 0 saturated carbocycles. The minimum atomic E-state index is 0.455. The molecule has 2 saturated heterocycles. The zero-order valence-electron chi connectivity index (χ0n) is 12.7. The quantitative estimate of drug-likeness (QED) is 0.804. The van der Waals surface area contributed by atoms with Gasteiger partial charge in [0.25, 0.3) is 0 Å². The van der Waals surface area contributed by atoms with E-state index in [1.807, 2.05) is 12.3 Å². The lowest BCUT2D eigenvalue weighted by atomic mass is 10.1. The van der Waals surface area contributed by atoms with Crippen molar-refractivity contribution in [3.8, 4) is 0 Å². The molecule has 0 aliphatic carbocycles. The van der Waals surface area contributed by atoms with Crippen LogP contribution in [0.2, 0.25) is 0 Å². The third kappa shape index (κ3) is 4.77. The zero-order chi connectivity index (χ0) is 14.3. The Balaban J connectivity index is 1.31. The molecule has 1 aromatic rings. The summed E-state index contributed by atoms with van der Waals surface area (Å²) in [4.78, 5) is 6.92. The van der Waals surface area contributed by atoms with Crippen LogP contribution in [0.4, 0.5) is 0 Å². The van der Waals surface area contributed by atoms with Gasteiger partial charge in [-0.1, -0.05) is 6.07 Å². The molecule has 4 heteroatoms. The molecule has 3 heterocycles. The van der Waals surface area contributed by atoms with Gasteiger partial charge < -0.3 is 14.4 Å². The summed E-state index contributed by atoms with van der Waals surface area (Å²) in [6.07, 6.45) is 6.87. The van der Waals surface area contributed by atoms with Crippen molar-refractivity contribution >= 4 is 0 Å². The first-order valence-corrected chi connectivity index (χ1v) is 8.22. The maximum absolute atomic E-state index is 6.06. The molecule has 0 spiro atoms. The molecule has 0 amide bonds. The predicted octanol–water partition coefficient (Wildman–Crippen LogP) is 2.14. The monoisotopic (exact) mass is 290 g/mol. The van der Waals surface area contributed by atoms with Gasteiger partial charge in [0.05, 0.1) is 19.3 Å². The van der Waals surface area contributed by atoms with E-state index in [-0.39, 0.29) is 0 Å². The molecular formula is C17H26N2O2. The van der Waals surface area contributed by atoms with Gasteiger partial charge in [0.2, 0.25) is 0 Å². The van der Waals surface area contributed by atoms with Crippen LogP contribution < -0.4 is 0 Å². The van der Waals surface area contributed by atoms with Crippen molar-refractivity contribution in [2.24, 2.45) is 5.92 Å². The first-order valence-electron chi connectivity index (χ1n) is 8.22. The van der Waals surface area contributed by atoms with Crippen molar-refractivity contribution in [3.63, 3.8) is 0 Å². The van der Waals surface area contributed by atoms with Crippen LogP contribution in [0.3, 0.4) is 0 Å². The highest BCUT2D eigenvalue weighted by atomic mass is 16.5. The second-order valence-corrected chi connectivity index (χ2v) is 6.18. The summed E-state index contributed by atoms with van der Waals surface area (Å²) in [7, 11) is 0. The van der Waals surface area contributed by atoms with Gasteiger partial charge in [0.15, 0.2) is 0 Å². The summed E-state index contributed by atoms with van der Waals surface area (Å²) in [6, 6.07) is 6.15. The van der Waals surface area contributed by atoms with Crippen LogP contribution in [0.1, 0.15) is 25.0 Å². The van der Waals surface area contributed by atoms with Crippen molar-refractivity contribution in [2.75, 3.05) is 39.5 Å². The first kappa shape index (κ1) is 14.9. The lowest BCUT2D eigenvalue weighted by molar-refractivity contribution is -0.0101. The Morgan fingerprint density at radius 3 is 2.86 bits per heavy atom. The van der Waals surface area contributed by atoms with Gasteiger partial charge in [0.1, 0.15) is 0 Å². The number of rotatable bonds is 6. The number of nitrogens with zero attached hydrogens (tertiary/aromatic N) is 2. The zero-order valence-corrected chi connectivity index (χ0v) is 12.7. The van der Waals surface area contributed by atoms with Crippen molar-refractivity contribution in [1.29, 1.82) is 0 Å². The van der Waals surface area contributed by atoms with Crippen molar-refractivity contribution in [1.82, 2.24) is 9.88 Å². The van der Waals surface area contributed by atoms with Gasteiger partial charge in [-0.15, -0.1) is 0 Å². The molecule has 0 radical (unpaired) electrons. The summed E-state index contributed by atoms with van der Waals surface area (Å²) in [6.45, 7) is 6.11. The molecule has 4 nitrogen and oxygen atoms in total. The van der Waals surface area contributed by atoms with Gasteiger partial charge in [-0.3, -0.25) is 4.98 Å². The molecule has 0 aromatic carbocycles. The fourth-order valence-electron chi connectivity index (χ4n) is 3.11. The largest absolute Gasteiger partial charge is 0.381 e. The van der Waals surface area contributed by atoms with Crippen molar-refractivity contribution < 1.29 is 9.47 Å². The molecule has 1 unspecified atom stereocenters. The number of pyridine rings is 1. The number of piperidine rings is 1. The number of ether oxygens (including phenoxy) is 2. The van der Waals surface area contributed by atoms with E-state index in [0.717, 1.165) is 58.7 Å². The normalized spacial score (nSPS) is 24.5. The standard InChI is InChI=1S/C17H26N2O2/c1-2-8-18-16(3-1)4-9-19-10-5-17(6-11-19)21-14-15-7-12-20-13-15/h1-3,8,15,17H,4-7,9-14H2. The van der Waals surface area contributed by atoms with E-state index in [1.54, 1.807) is 0 Å². The van der Waals surface area contributed by atoms with Crippen LogP contribution >= 0.6 is 0 Å². The molecule has 1 atom stereocenters. The molecule has 2 aliphatic heterocycles. The van der Waals surface area contributed by atoms with E-state index >= 15 is 0 Å². The molecule has 21 heavy (non-hydrogen) atoms. The molecule has 3 rings (SSSR count). The minimum absolute atomic E-state index is 0.455. The summed E-state index contributed by atoms with van der Waals surface area (Å²) < 4.78 is 11.5. The van der Waals surface area contributed by atoms with E-state index in [9.17, 15) is 0 Å². The van der Waals surface area contributed by atoms with Gasteiger partial charge >= 0.3 is 0 Å². The van der Waals surface area contributed by atoms with Crippen LogP contribution in [-0.2, 0) is 15.9 Å². The topological polar surface area (TPSA) is 34.6 Å². The Morgan fingerprint density at radius 1 is 1.24 bits per heavy atom. The number of hydrogen-bond acceptors (Lipinski definition) is 4. The number of likely N-dealkylation sites (tertiary alicyclic amines) is 1. The van der Waals surface area contributed by atoms with Crippen LogP contribution in [0, 0.1) is 5.92 Å². The lowest BCUT2D eigenvalue weighted by Gasteiger charge is -2.32. The Hall–Kier alpha value is -0.970. The van der Waals surface area contributed by atoms with Gasteiger partial charge in [-0.2, -0.15) is 0 Å². The second-order valence-electron chi connectivity index (χ2n) is 6.18. The van der Waals surface area contributed by atoms with Crippen LogP contribution in [0.15, 0.2) is 24.4 Å². The second kappa shape index (κ2) is 7.87. The highest BCUT2D eigenvalue weighted by molar-refractivity contribution is 5.03. The molecule has 2 fully saturated rings. The maximum atomic E-state index is 6.06. The third-order valence-corrected chi connectivity index (χ3v) is 4.54. The third-order valence-electron chi connectivity index (χ3n) is 4.54. The summed E-state index contributed by atoms with van der Waals surface area (Å²) >= 11 is 0. The fourth-order valence-corrected chi connectivity index (χ4v) is 3.11. The van der Waals surface area contributed by atoms with Gasteiger partial charge in [0, 0.05) is 50.5 Å². The van der Waals surface area contributed by atoms with E-state index in [2.05, 4.69) is 22.0 Å². The van der Waals surface area contributed by atoms with Crippen molar-refractivity contribution in [3.05, 3.63) is 30.1 Å². The Kier molecular flexibility index (Phi) is 5.60. The highest BCUT2D eigenvalue weighted by Crippen LogP contribution is 2.18. The number of aromatic nitrogens is 1. The van der Waals surface area contributed by atoms with Crippen LogP contribution in [-0.4, -0.2) is 55.4 Å². The molecule has 1 aromatic heterocycles. The molecule has 0 N–H and O–H groups in total. The van der Waals surface area contributed by atoms with E-state index < -0.39 is 0 Å². The smallest absolute Gasteiger partial charge is 0.0599 e. The SMILES string of the molecule is c1ccc(CCN2CCC(OCC3CCOC3)CC2)nc1. The summed E-state index contributed by atoms with van der Waals surface area (Å²) in [5.74, 6) is 0.632. The average Bonchev–Trinajstić information content (AvgIpc) is 3.06. The summed E-state index contributed by atoms with van der Waals surface area (Å²) in [5.41, 5.74) is 1.19. The lowest BCUT2D eigenvalue weighted by Crippen LogP contribution is -2.38. The average molecular weight is 290 g/mol. The number of hydrogen-bond donors (Lipinski definition) is 0. The first-order chi connectivity index (χ1) is 10.4. The Labute approximate surface area is 127 Å².